The first-order valence-electron chi connectivity index (χ1n) is 9.66. The summed E-state index contributed by atoms with van der Waals surface area (Å²) in [5.74, 6) is 1.12. The van der Waals surface area contributed by atoms with Crippen LogP contribution in [0.15, 0.2) is 11.1 Å². The predicted octanol–water partition coefficient (Wildman–Crippen LogP) is 3.74. The summed E-state index contributed by atoms with van der Waals surface area (Å²) in [5.41, 5.74) is 2.94. The molecule has 0 unspecified atom stereocenters. The van der Waals surface area contributed by atoms with Gasteiger partial charge in [0.15, 0.2) is 5.96 Å². The van der Waals surface area contributed by atoms with Gasteiger partial charge in [0.2, 0.25) is 0 Å². The van der Waals surface area contributed by atoms with Crippen LogP contribution in [-0.2, 0) is 6.54 Å². The fourth-order valence-corrected chi connectivity index (χ4v) is 4.38. The van der Waals surface area contributed by atoms with Gasteiger partial charge < -0.3 is 10.2 Å². The third kappa shape index (κ3) is 5.11. The summed E-state index contributed by atoms with van der Waals surface area (Å²) in [4.78, 5) is 7.39. The fraction of sp³-hybridized carbons (Fsp3) is 0.789. The van der Waals surface area contributed by atoms with Crippen LogP contribution in [0.3, 0.4) is 0 Å². The lowest BCUT2D eigenvalue weighted by Gasteiger charge is -2.26. The molecule has 5 nitrogen and oxygen atoms in total. The second kappa shape index (κ2) is 9.24. The molecule has 142 valence electrons. The van der Waals surface area contributed by atoms with Gasteiger partial charge in [-0.05, 0) is 57.9 Å². The van der Waals surface area contributed by atoms with E-state index in [1.807, 2.05) is 0 Å². The van der Waals surface area contributed by atoms with Crippen LogP contribution in [0.5, 0.6) is 0 Å². The highest BCUT2D eigenvalue weighted by Crippen LogP contribution is 2.45. The molecule has 1 spiro atoms. The summed E-state index contributed by atoms with van der Waals surface area (Å²) < 4.78 is 2.10. The number of guanidine groups is 1. The number of aromatic nitrogens is 2. The van der Waals surface area contributed by atoms with Crippen LogP contribution >= 0.6 is 24.0 Å². The third-order valence-electron chi connectivity index (χ3n) is 5.63. The monoisotopic (exact) mass is 459 g/mol. The van der Waals surface area contributed by atoms with Crippen LogP contribution in [-0.4, -0.2) is 46.8 Å². The van der Waals surface area contributed by atoms with E-state index < -0.39 is 0 Å². The van der Waals surface area contributed by atoms with Gasteiger partial charge in [-0.3, -0.25) is 9.67 Å². The fourth-order valence-electron chi connectivity index (χ4n) is 4.38. The number of nitrogens with zero attached hydrogens (tertiary/aromatic N) is 4. The van der Waals surface area contributed by atoms with E-state index in [9.17, 15) is 0 Å². The molecule has 6 heteroatoms. The third-order valence-corrected chi connectivity index (χ3v) is 5.63. The zero-order valence-corrected chi connectivity index (χ0v) is 18.4. The maximum absolute atomic E-state index is 4.89. The Morgan fingerprint density at radius 1 is 1.28 bits per heavy atom. The van der Waals surface area contributed by atoms with Crippen molar-refractivity contribution in [2.45, 2.75) is 65.8 Å². The summed E-state index contributed by atoms with van der Waals surface area (Å²) in [5, 5.41) is 8.03. The van der Waals surface area contributed by atoms with Crippen molar-refractivity contribution in [2.24, 2.45) is 10.4 Å². The van der Waals surface area contributed by atoms with Crippen molar-refractivity contribution in [3.63, 3.8) is 0 Å². The number of halogens is 1. The molecule has 2 heterocycles. The van der Waals surface area contributed by atoms with E-state index in [1.54, 1.807) is 0 Å². The molecule has 1 saturated heterocycles. The molecule has 1 saturated carbocycles. The normalized spacial score (nSPS) is 19.5. The minimum atomic E-state index is 0. The molecule has 1 aromatic rings. The second-order valence-electron chi connectivity index (χ2n) is 7.62. The van der Waals surface area contributed by atoms with Crippen molar-refractivity contribution in [2.75, 3.05) is 26.2 Å². The molecule has 0 aromatic carbocycles. The molecule has 1 aromatic heterocycles. The minimum absolute atomic E-state index is 0. The van der Waals surface area contributed by atoms with E-state index in [0.717, 1.165) is 37.7 Å². The van der Waals surface area contributed by atoms with E-state index >= 15 is 0 Å². The smallest absolute Gasteiger partial charge is 0.193 e. The highest BCUT2D eigenvalue weighted by Gasteiger charge is 2.41. The Bertz CT molecular complexity index is 574. The Morgan fingerprint density at radius 2 is 2.04 bits per heavy atom. The summed E-state index contributed by atoms with van der Waals surface area (Å²) >= 11 is 0. The summed E-state index contributed by atoms with van der Waals surface area (Å²) in [7, 11) is 0. The van der Waals surface area contributed by atoms with E-state index in [4.69, 9.17) is 4.99 Å². The number of aryl methyl sites for hydroxylation is 3. The molecule has 2 fully saturated rings. The molecule has 3 rings (SSSR count). The summed E-state index contributed by atoms with van der Waals surface area (Å²) in [6, 6.07) is 2.14. The largest absolute Gasteiger partial charge is 0.357 e. The average Bonchev–Trinajstić information content (AvgIpc) is 3.26. The van der Waals surface area contributed by atoms with Gasteiger partial charge in [-0.15, -0.1) is 24.0 Å². The van der Waals surface area contributed by atoms with Gasteiger partial charge in [0.25, 0.3) is 0 Å². The molecule has 2 aliphatic rings. The predicted molar refractivity (Wildman–Crippen MR) is 115 cm³/mol. The Labute approximate surface area is 169 Å². The zero-order chi connectivity index (χ0) is 17.0. The van der Waals surface area contributed by atoms with E-state index in [1.165, 1.54) is 50.9 Å². The first-order chi connectivity index (χ1) is 11.6. The van der Waals surface area contributed by atoms with Gasteiger partial charge in [-0.25, -0.2) is 0 Å². The molecule has 1 aliphatic heterocycles. The lowest BCUT2D eigenvalue weighted by atomic mass is 9.86. The Balaban J connectivity index is 0.00000225. The van der Waals surface area contributed by atoms with Crippen molar-refractivity contribution in [3.05, 3.63) is 17.5 Å². The van der Waals surface area contributed by atoms with Gasteiger partial charge >= 0.3 is 0 Å². The van der Waals surface area contributed by atoms with Crippen LogP contribution in [0.25, 0.3) is 0 Å². The molecule has 0 radical (unpaired) electrons. The van der Waals surface area contributed by atoms with Crippen LogP contribution in [0.1, 0.15) is 56.8 Å². The van der Waals surface area contributed by atoms with E-state index in [-0.39, 0.29) is 24.0 Å². The molecular weight excluding hydrogens is 425 g/mol. The molecule has 0 amide bonds. The van der Waals surface area contributed by atoms with E-state index in [2.05, 4.69) is 46.8 Å². The Kier molecular flexibility index (Phi) is 7.58. The van der Waals surface area contributed by atoms with Crippen LogP contribution < -0.4 is 5.32 Å². The van der Waals surface area contributed by atoms with Crippen LogP contribution in [0, 0.1) is 19.3 Å². The highest BCUT2D eigenvalue weighted by molar-refractivity contribution is 14.0. The van der Waals surface area contributed by atoms with Gasteiger partial charge in [0, 0.05) is 38.4 Å². The van der Waals surface area contributed by atoms with Crippen molar-refractivity contribution < 1.29 is 0 Å². The summed E-state index contributed by atoms with van der Waals surface area (Å²) in [6.45, 7) is 11.5. The van der Waals surface area contributed by atoms with Crippen molar-refractivity contribution in [1.82, 2.24) is 20.0 Å². The maximum Gasteiger partial charge on any atom is 0.193 e. The standard InChI is InChI=1S/C19H33N5.HI/c1-4-20-18(23-13-10-19(15-23)8-5-6-9-19)21-11-7-12-24-17(3)14-16(2)22-24;/h14H,4-13,15H2,1-3H3,(H,20,21);1H. The summed E-state index contributed by atoms with van der Waals surface area (Å²) in [6.07, 6.45) is 8.06. The zero-order valence-electron chi connectivity index (χ0n) is 16.1. The Hall–Kier alpha value is -0.790. The van der Waals surface area contributed by atoms with Gasteiger partial charge in [-0.1, -0.05) is 12.8 Å². The number of hydrogen-bond donors (Lipinski definition) is 1. The molecule has 1 aliphatic carbocycles. The molecule has 1 N–H and O–H groups in total. The van der Waals surface area contributed by atoms with Crippen molar-refractivity contribution in [1.29, 1.82) is 0 Å². The van der Waals surface area contributed by atoms with Gasteiger partial charge in [0.05, 0.1) is 5.69 Å². The quantitative estimate of drug-likeness (QED) is 0.316. The molecule has 0 atom stereocenters. The topological polar surface area (TPSA) is 45.5 Å². The van der Waals surface area contributed by atoms with E-state index in [0.29, 0.717) is 5.41 Å². The van der Waals surface area contributed by atoms with Gasteiger partial charge in [0.1, 0.15) is 0 Å². The number of nitrogens with one attached hydrogen (secondary N) is 1. The Morgan fingerprint density at radius 3 is 2.68 bits per heavy atom. The van der Waals surface area contributed by atoms with Crippen LogP contribution in [0.4, 0.5) is 0 Å². The van der Waals surface area contributed by atoms with Crippen LogP contribution in [0.2, 0.25) is 0 Å². The number of rotatable bonds is 5. The first kappa shape index (κ1) is 20.5. The lowest BCUT2D eigenvalue weighted by molar-refractivity contribution is 0.309. The highest BCUT2D eigenvalue weighted by atomic mass is 127. The number of aliphatic imine (C=N–C) groups is 1. The lowest BCUT2D eigenvalue weighted by Crippen LogP contribution is -2.41. The first-order valence-corrected chi connectivity index (χ1v) is 9.66. The molecular formula is C19H34IN5. The average molecular weight is 459 g/mol. The molecule has 0 bridgehead atoms. The second-order valence-corrected chi connectivity index (χ2v) is 7.62. The van der Waals surface area contributed by atoms with Crippen molar-refractivity contribution in [3.8, 4) is 0 Å². The van der Waals surface area contributed by atoms with Crippen molar-refractivity contribution >= 4 is 29.9 Å². The maximum atomic E-state index is 4.89. The number of likely N-dealkylation sites (tertiary alicyclic amines) is 1. The SMILES string of the molecule is CCNC(=NCCCn1nc(C)cc1C)N1CCC2(CCCC2)C1.I. The molecule has 25 heavy (non-hydrogen) atoms. The minimum Gasteiger partial charge on any atom is -0.357 e. The number of hydrogen-bond acceptors (Lipinski definition) is 2. The van der Waals surface area contributed by atoms with Gasteiger partial charge in [-0.2, -0.15) is 5.10 Å².